The molecule has 1 saturated heterocycles. The summed E-state index contributed by atoms with van der Waals surface area (Å²) in [5.74, 6) is 0.234. The molecular weight excluding hydrogens is 230 g/mol. The lowest BCUT2D eigenvalue weighted by atomic mass is 9.99. The van der Waals surface area contributed by atoms with Crippen molar-refractivity contribution in [2.75, 3.05) is 18.5 Å². The van der Waals surface area contributed by atoms with Gasteiger partial charge in [-0.25, -0.2) is 9.97 Å². The molecule has 1 aromatic heterocycles. The van der Waals surface area contributed by atoms with E-state index in [1.54, 1.807) is 0 Å². The molecule has 86 valence electrons. The van der Waals surface area contributed by atoms with Gasteiger partial charge in [0.1, 0.15) is 0 Å². The van der Waals surface area contributed by atoms with E-state index in [9.17, 15) is 4.79 Å². The molecule has 0 saturated carbocycles. The topological polar surface area (TPSA) is 64.1 Å². The summed E-state index contributed by atoms with van der Waals surface area (Å²) in [6, 6.07) is 0. The highest BCUT2D eigenvalue weighted by atomic mass is 35.5. The molecule has 0 bridgehead atoms. The largest absolute Gasteiger partial charge is 0.381 e. The molecule has 0 radical (unpaired) electrons. The Kier molecular flexibility index (Phi) is 3.69. The number of aromatic nitrogens is 2. The number of hydrogen-bond acceptors (Lipinski definition) is 4. The molecule has 0 spiro atoms. The zero-order valence-corrected chi connectivity index (χ0v) is 9.41. The van der Waals surface area contributed by atoms with Crippen LogP contribution in [0.15, 0.2) is 12.4 Å². The first-order chi connectivity index (χ1) is 7.77. The van der Waals surface area contributed by atoms with Crippen molar-refractivity contribution >= 4 is 23.3 Å². The van der Waals surface area contributed by atoms with E-state index in [1.165, 1.54) is 12.4 Å². The van der Waals surface area contributed by atoms with E-state index < -0.39 is 0 Å². The van der Waals surface area contributed by atoms with Crippen LogP contribution in [0.5, 0.6) is 0 Å². The van der Waals surface area contributed by atoms with Gasteiger partial charge in [-0.15, -0.1) is 0 Å². The average Bonchev–Trinajstić information content (AvgIpc) is 2.33. The fraction of sp³-hybridized carbons (Fsp3) is 0.500. The van der Waals surface area contributed by atoms with E-state index in [4.69, 9.17) is 16.3 Å². The zero-order valence-electron chi connectivity index (χ0n) is 8.65. The van der Waals surface area contributed by atoms with E-state index in [0.29, 0.717) is 19.0 Å². The minimum atomic E-state index is -0.0642. The maximum absolute atomic E-state index is 11.8. The van der Waals surface area contributed by atoms with Gasteiger partial charge in [-0.1, -0.05) is 11.6 Å². The van der Waals surface area contributed by atoms with Gasteiger partial charge in [0, 0.05) is 31.5 Å². The summed E-state index contributed by atoms with van der Waals surface area (Å²) in [6.45, 7) is 1.26. The van der Waals surface area contributed by atoms with Gasteiger partial charge in [-0.3, -0.25) is 4.79 Å². The highest BCUT2D eigenvalue weighted by molar-refractivity contribution is 6.32. The second-order valence-corrected chi connectivity index (χ2v) is 3.93. The molecule has 5 nitrogen and oxygen atoms in total. The van der Waals surface area contributed by atoms with Gasteiger partial charge in [-0.05, 0) is 12.8 Å². The van der Waals surface area contributed by atoms with Crippen molar-refractivity contribution in [3.05, 3.63) is 17.5 Å². The maximum atomic E-state index is 11.8. The van der Waals surface area contributed by atoms with Gasteiger partial charge in [-0.2, -0.15) is 0 Å². The minimum Gasteiger partial charge on any atom is -0.381 e. The molecule has 2 heterocycles. The fourth-order valence-electron chi connectivity index (χ4n) is 1.58. The van der Waals surface area contributed by atoms with E-state index in [1.807, 2.05) is 0 Å². The summed E-state index contributed by atoms with van der Waals surface area (Å²) in [5, 5.41) is 2.89. The highest BCUT2D eigenvalue weighted by Gasteiger charge is 2.22. The van der Waals surface area contributed by atoms with Gasteiger partial charge in [0.05, 0.1) is 0 Å². The summed E-state index contributed by atoms with van der Waals surface area (Å²) in [4.78, 5) is 19.6. The SMILES string of the molecule is O=C(Nc1nccnc1Cl)C1CCOCC1. The number of ether oxygens (including phenoxy) is 1. The van der Waals surface area contributed by atoms with Crippen molar-refractivity contribution in [3.63, 3.8) is 0 Å². The van der Waals surface area contributed by atoms with Crippen LogP contribution in [-0.4, -0.2) is 29.1 Å². The van der Waals surface area contributed by atoms with E-state index in [0.717, 1.165) is 12.8 Å². The normalized spacial score (nSPS) is 17.1. The number of nitrogens with one attached hydrogen (secondary N) is 1. The first kappa shape index (κ1) is 11.3. The average molecular weight is 242 g/mol. The van der Waals surface area contributed by atoms with Crippen LogP contribution in [-0.2, 0) is 9.53 Å². The molecule has 1 aliphatic rings. The van der Waals surface area contributed by atoms with Crippen LogP contribution in [0.3, 0.4) is 0 Å². The summed E-state index contributed by atoms with van der Waals surface area (Å²) in [5.41, 5.74) is 0. The molecule has 16 heavy (non-hydrogen) atoms. The second kappa shape index (κ2) is 5.23. The van der Waals surface area contributed by atoms with Crippen molar-refractivity contribution in [1.29, 1.82) is 0 Å². The molecule has 1 amide bonds. The van der Waals surface area contributed by atoms with Crippen molar-refractivity contribution in [2.45, 2.75) is 12.8 Å². The summed E-state index contributed by atoms with van der Waals surface area (Å²) < 4.78 is 5.19. The molecule has 1 aromatic rings. The Morgan fingerprint density at radius 2 is 2.06 bits per heavy atom. The lowest BCUT2D eigenvalue weighted by Crippen LogP contribution is -2.29. The summed E-state index contributed by atoms with van der Waals surface area (Å²) >= 11 is 5.79. The fourth-order valence-corrected chi connectivity index (χ4v) is 1.74. The summed E-state index contributed by atoms with van der Waals surface area (Å²) in [6.07, 6.45) is 4.45. The van der Waals surface area contributed by atoms with E-state index >= 15 is 0 Å². The molecule has 0 aromatic carbocycles. The predicted octanol–water partition coefficient (Wildman–Crippen LogP) is 1.50. The van der Waals surface area contributed by atoms with Crippen LogP contribution in [0.25, 0.3) is 0 Å². The van der Waals surface area contributed by atoms with Crippen LogP contribution in [0.4, 0.5) is 5.82 Å². The monoisotopic (exact) mass is 241 g/mol. The number of rotatable bonds is 2. The van der Waals surface area contributed by atoms with Gasteiger partial charge in [0.2, 0.25) is 5.91 Å². The molecule has 0 atom stereocenters. The van der Waals surface area contributed by atoms with Crippen LogP contribution >= 0.6 is 11.6 Å². The van der Waals surface area contributed by atoms with Crippen LogP contribution in [0.2, 0.25) is 5.15 Å². The molecule has 6 heteroatoms. The number of nitrogens with zero attached hydrogens (tertiary/aromatic N) is 2. The quantitative estimate of drug-likeness (QED) is 0.852. The maximum Gasteiger partial charge on any atom is 0.228 e. The van der Waals surface area contributed by atoms with Crippen LogP contribution < -0.4 is 5.32 Å². The number of anilines is 1. The van der Waals surface area contributed by atoms with Crippen LogP contribution in [0.1, 0.15) is 12.8 Å². The highest BCUT2D eigenvalue weighted by Crippen LogP contribution is 2.19. The van der Waals surface area contributed by atoms with Crippen molar-refractivity contribution in [2.24, 2.45) is 5.92 Å². The number of hydrogen-bond donors (Lipinski definition) is 1. The second-order valence-electron chi connectivity index (χ2n) is 3.57. The van der Waals surface area contributed by atoms with Crippen LogP contribution in [0, 0.1) is 5.92 Å². The predicted molar refractivity (Wildman–Crippen MR) is 59.2 cm³/mol. The molecule has 1 aliphatic heterocycles. The first-order valence-corrected chi connectivity index (χ1v) is 5.50. The molecule has 2 rings (SSSR count). The van der Waals surface area contributed by atoms with Gasteiger partial charge in [0.15, 0.2) is 11.0 Å². The molecule has 1 N–H and O–H groups in total. The number of carbonyl (C=O) groups is 1. The minimum absolute atomic E-state index is 0.0215. The first-order valence-electron chi connectivity index (χ1n) is 5.12. The Balaban J connectivity index is 1.99. The third kappa shape index (κ3) is 2.68. The Hall–Kier alpha value is -1.20. The van der Waals surface area contributed by atoms with Gasteiger partial charge in [0.25, 0.3) is 0 Å². The third-order valence-electron chi connectivity index (χ3n) is 2.49. The van der Waals surface area contributed by atoms with Crippen molar-refractivity contribution in [1.82, 2.24) is 9.97 Å². The number of halogens is 1. The lowest BCUT2D eigenvalue weighted by molar-refractivity contribution is -0.122. The van der Waals surface area contributed by atoms with Gasteiger partial charge < -0.3 is 10.1 Å². The molecule has 0 aliphatic carbocycles. The van der Waals surface area contributed by atoms with E-state index in [2.05, 4.69) is 15.3 Å². The standard InChI is InChI=1S/C10H12ClN3O2/c11-8-9(13-4-3-12-8)14-10(15)7-1-5-16-6-2-7/h3-4,7H,1-2,5-6H2,(H,13,14,15). The molecule has 1 fully saturated rings. The number of amides is 1. The summed E-state index contributed by atoms with van der Waals surface area (Å²) in [7, 11) is 0. The van der Waals surface area contributed by atoms with Crippen molar-refractivity contribution < 1.29 is 9.53 Å². The molecule has 0 unspecified atom stereocenters. The smallest absolute Gasteiger partial charge is 0.228 e. The third-order valence-corrected chi connectivity index (χ3v) is 2.76. The Bertz CT molecular complexity index is 380. The van der Waals surface area contributed by atoms with Gasteiger partial charge >= 0.3 is 0 Å². The Morgan fingerprint density at radius 3 is 2.75 bits per heavy atom. The molecular formula is C10H12ClN3O2. The van der Waals surface area contributed by atoms with Crippen molar-refractivity contribution in [3.8, 4) is 0 Å². The van der Waals surface area contributed by atoms with E-state index in [-0.39, 0.29) is 17.0 Å². The Morgan fingerprint density at radius 1 is 1.38 bits per heavy atom. The number of carbonyl (C=O) groups excluding carboxylic acids is 1. The lowest BCUT2D eigenvalue weighted by Gasteiger charge is -2.20. The zero-order chi connectivity index (χ0) is 11.4. The Labute approximate surface area is 98.2 Å².